The summed E-state index contributed by atoms with van der Waals surface area (Å²) in [7, 11) is 3.71. The highest BCUT2D eigenvalue weighted by Gasteiger charge is 1.99. The van der Waals surface area contributed by atoms with Gasteiger partial charge in [-0.15, -0.1) is 0 Å². The first kappa shape index (κ1) is 11.5. The van der Waals surface area contributed by atoms with E-state index in [1.807, 2.05) is 17.9 Å². The van der Waals surface area contributed by atoms with E-state index < -0.39 is 0 Å². The summed E-state index contributed by atoms with van der Waals surface area (Å²) in [5.74, 6) is 2.24. The standard InChI is InChI=1S/C8H8I2S2/c9-11-5-7-3-1-2-4-8(7)6-12-10/h1-4H,5-6H2. The molecule has 12 heavy (non-hydrogen) atoms. The van der Waals surface area contributed by atoms with Crippen LogP contribution in [0.4, 0.5) is 0 Å². The van der Waals surface area contributed by atoms with Crippen molar-refractivity contribution in [3.05, 3.63) is 35.4 Å². The Kier molecular flexibility index (Phi) is 6.47. The van der Waals surface area contributed by atoms with Crippen molar-refractivity contribution < 1.29 is 0 Å². The quantitative estimate of drug-likeness (QED) is 0.637. The zero-order valence-corrected chi connectivity index (χ0v) is 12.2. The Bertz CT molecular complexity index is 215. The van der Waals surface area contributed by atoms with E-state index in [1.165, 1.54) is 11.1 Å². The second kappa shape index (κ2) is 6.78. The molecule has 0 spiro atoms. The number of hydrogen-bond acceptors (Lipinski definition) is 2. The summed E-state index contributed by atoms with van der Waals surface area (Å²) < 4.78 is 0. The number of benzene rings is 1. The molecule has 0 atom stereocenters. The van der Waals surface area contributed by atoms with Crippen LogP contribution in [-0.2, 0) is 11.5 Å². The molecule has 0 bridgehead atoms. The minimum atomic E-state index is 1.12. The monoisotopic (exact) mass is 422 g/mol. The van der Waals surface area contributed by atoms with Crippen molar-refractivity contribution in [2.75, 3.05) is 0 Å². The van der Waals surface area contributed by atoms with Gasteiger partial charge in [-0.05, 0) is 53.5 Å². The maximum Gasteiger partial charge on any atom is 0.0288 e. The molecular formula is C8H8I2S2. The molecule has 1 aromatic carbocycles. The van der Waals surface area contributed by atoms with Gasteiger partial charge in [0.2, 0.25) is 0 Å². The first-order valence-electron chi connectivity index (χ1n) is 3.42. The molecule has 1 aromatic rings. The highest BCUT2D eigenvalue weighted by Crippen LogP contribution is 2.26. The molecule has 4 heteroatoms. The van der Waals surface area contributed by atoms with Gasteiger partial charge >= 0.3 is 0 Å². The Morgan fingerprint density at radius 3 is 1.67 bits per heavy atom. The largest absolute Gasteiger partial charge is 0.0846 e. The Morgan fingerprint density at radius 2 is 1.33 bits per heavy atom. The molecule has 0 saturated heterocycles. The number of rotatable bonds is 4. The predicted molar refractivity (Wildman–Crippen MR) is 77.1 cm³/mol. The van der Waals surface area contributed by atoms with Gasteiger partial charge in [-0.1, -0.05) is 42.1 Å². The average molecular weight is 422 g/mol. The van der Waals surface area contributed by atoms with Gasteiger partial charge in [0, 0.05) is 11.5 Å². The van der Waals surface area contributed by atoms with E-state index in [9.17, 15) is 0 Å². The summed E-state index contributed by atoms with van der Waals surface area (Å²) in [6.07, 6.45) is 0. The molecule has 0 aromatic heterocycles. The van der Waals surface area contributed by atoms with Crippen molar-refractivity contribution in [1.29, 1.82) is 0 Å². The number of hydrogen-bond donors (Lipinski definition) is 0. The van der Waals surface area contributed by atoms with Crippen LogP contribution in [-0.4, -0.2) is 0 Å². The summed E-state index contributed by atoms with van der Waals surface area (Å²) in [5, 5.41) is 0. The van der Waals surface area contributed by atoms with Crippen LogP contribution in [0.5, 0.6) is 0 Å². The van der Waals surface area contributed by atoms with E-state index >= 15 is 0 Å². The van der Waals surface area contributed by atoms with Crippen molar-refractivity contribution in [3.8, 4) is 0 Å². The lowest BCUT2D eigenvalue weighted by atomic mass is 10.1. The highest BCUT2D eigenvalue weighted by molar-refractivity contribution is 14.2. The van der Waals surface area contributed by atoms with Gasteiger partial charge in [0.1, 0.15) is 0 Å². The molecule has 0 amide bonds. The molecule has 0 unspecified atom stereocenters. The molecule has 0 radical (unpaired) electrons. The zero-order valence-electron chi connectivity index (χ0n) is 6.30. The van der Waals surface area contributed by atoms with E-state index in [1.54, 1.807) is 0 Å². The van der Waals surface area contributed by atoms with Gasteiger partial charge in [-0.3, -0.25) is 0 Å². The number of halogens is 2. The van der Waals surface area contributed by atoms with Gasteiger partial charge in [-0.2, -0.15) is 0 Å². The van der Waals surface area contributed by atoms with E-state index in [4.69, 9.17) is 0 Å². The Hall–Kier alpha value is 1.38. The van der Waals surface area contributed by atoms with Crippen molar-refractivity contribution in [3.63, 3.8) is 0 Å². The fourth-order valence-corrected chi connectivity index (χ4v) is 3.77. The molecule has 0 heterocycles. The van der Waals surface area contributed by atoms with E-state index in [0.717, 1.165) is 11.5 Å². The lowest BCUT2D eigenvalue weighted by Crippen LogP contribution is -1.87. The molecule has 1 rings (SSSR count). The average Bonchev–Trinajstić information content (AvgIpc) is 2.09. The molecule has 0 nitrogen and oxygen atoms in total. The van der Waals surface area contributed by atoms with Crippen molar-refractivity contribution >= 4 is 60.3 Å². The summed E-state index contributed by atoms with van der Waals surface area (Å²) in [5.41, 5.74) is 2.95. The van der Waals surface area contributed by atoms with Gasteiger partial charge in [-0.25, -0.2) is 0 Å². The van der Waals surface area contributed by atoms with Crippen LogP contribution in [0.25, 0.3) is 0 Å². The molecular weight excluding hydrogens is 414 g/mol. The van der Waals surface area contributed by atoms with Crippen LogP contribution in [0.15, 0.2) is 24.3 Å². The maximum absolute atomic E-state index is 2.34. The maximum atomic E-state index is 2.34. The second-order valence-electron chi connectivity index (χ2n) is 2.28. The van der Waals surface area contributed by atoms with Gasteiger partial charge in [0.15, 0.2) is 0 Å². The predicted octanol–water partition coefficient (Wildman–Crippen LogP) is 4.85. The van der Waals surface area contributed by atoms with Crippen molar-refractivity contribution in [2.24, 2.45) is 0 Å². The second-order valence-corrected chi connectivity index (χ2v) is 7.03. The Labute approximate surface area is 106 Å². The minimum absolute atomic E-state index is 1.12. The topological polar surface area (TPSA) is 0 Å². The van der Waals surface area contributed by atoms with Gasteiger partial charge in [0.25, 0.3) is 0 Å². The lowest BCUT2D eigenvalue weighted by molar-refractivity contribution is 1.29. The molecule has 0 saturated carbocycles. The van der Waals surface area contributed by atoms with Crippen molar-refractivity contribution in [1.82, 2.24) is 0 Å². The molecule has 0 aliphatic carbocycles. The lowest BCUT2D eigenvalue weighted by Gasteiger charge is -2.04. The normalized spacial score (nSPS) is 10.2. The van der Waals surface area contributed by atoms with Gasteiger partial charge < -0.3 is 0 Å². The van der Waals surface area contributed by atoms with E-state index in [-0.39, 0.29) is 0 Å². The first-order valence-corrected chi connectivity index (χ1v) is 10.5. The van der Waals surface area contributed by atoms with Crippen LogP contribution in [0.3, 0.4) is 0 Å². The molecule has 66 valence electrons. The molecule has 0 aliphatic rings. The Morgan fingerprint density at radius 1 is 0.917 bits per heavy atom. The van der Waals surface area contributed by atoms with Crippen LogP contribution in [0, 0.1) is 0 Å². The van der Waals surface area contributed by atoms with Crippen LogP contribution >= 0.6 is 60.3 Å². The fraction of sp³-hybridized carbons (Fsp3) is 0.250. The Balaban J connectivity index is 2.77. The summed E-state index contributed by atoms with van der Waals surface area (Å²) in [4.78, 5) is 0. The molecule has 0 fully saturated rings. The summed E-state index contributed by atoms with van der Waals surface area (Å²) in [6.45, 7) is 0. The third kappa shape index (κ3) is 3.63. The third-order valence-electron chi connectivity index (χ3n) is 1.54. The van der Waals surface area contributed by atoms with Gasteiger partial charge in [0.05, 0.1) is 0 Å². The molecule has 0 N–H and O–H groups in total. The van der Waals surface area contributed by atoms with Crippen LogP contribution in [0.1, 0.15) is 11.1 Å². The smallest absolute Gasteiger partial charge is 0.0288 e. The summed E-state index contributed by atoms with van der Waals surface area (Å²) in [6, 6.07) is 8.66. The third-order valence-corrected chi connectivity index (χ3v) is 4.25. The van der Waals surface area contributed by atoms with E-state index in [0.29, 0.717) is 0 Å². The highest BCUT2D eigenvalue weighted by atomic mass is 127. The fourth-order valence-electron chi connectivity index (χ4n) is 0.957. The van der Waals surface area contributed by atoms with E-state index in [2.05, 4.69) is 66.7 Å². The van der Waals surface area contributed by atoms with Crippen molar-refractivity contribution in [2.45, 2.75) is 11.5 Å². The summed E-state index contributed by atoms with van der Waals surface area (Å²) >= 11 is 4.69. The SMILES string of the molecule is ISCc1ccccc1CSI. The zero-order chi connectivity index (χ0) is 8.81. The van der Waals surface area contributed by atoms with Crippen LogP contribution in [0.2, 0.25) is 0 Å². The van der Waals surface area contributed by atoms with Crippen LogP contribution < -0.4 is 0 Å². The molecule has 0 aliphatic heterocycles. The minimum Gasteiger partial charge on any atom is -0.0846 e. The first-order chi connectivity index (χ1) is 5.88.